The van der Waals surface area contributed by atoms with Gasteiger partial charge in [0.1, 0.15) is 23.5 Å². The molecule has 130 valence electrons. The molecule has 25 heavy (non-hydrogen) atoms. The maximum atomic E-state index is 6.10. The van der Waals surface area contributed by atoms with Crippen LogP contribution in [0.3, 0.4) is 0 Å². The van der Waals surface area contributed by atoms with E-state index in [2.05, 4.69) is 35.5 Å². The van der Waals surface area contributed by atoms with Crippen LogP contribution < -0.4 is 4.74 Å². The van der Waals surface area contributed by atoms with E-state index < -0.39 is 0 Å². The molecule has 0 amide bonds. The first-order valence-electron chi connectivity index (χ1n) is 8.37. The second-order valence-electron chi connectivity index (χ2n) is 6.38. The summed E-state index contributed by atoms with van der Waals surface area (Å²) in [6.45, 7) is 7.52. The number of fused-ring (bicyclic) bond motifs is 3. The first-order chi connectivity index (χ1) is 12.0. The van der Waals surface area contributed by atoms with Crippen molar-refractivity contribution < 1.29 is 9.15 Å². The lowest BCUT2D eigenvalue weighted by Crippen LogP contribution is -2.19. The average molecular weight is 336 g/mol. The average Bonchev–Trinajstić information content (AvgIpc) is 2.94. The van der Waals surface area contributed by atoms with E-state index in [1.54, 1.807) is 7.05 Å². The Morgan fingerprint density at radius 2 is 2.04 bits per heavy atom. The molecule has 0 aliphatic heterocycles. The lowest BCUT2D eigenvalue weighted by Gasteiger charge is -2.10. The van der Waals surface area contributed by atoms with Crippen molar-refractivity contribution in [1.29, 1.82) is 0 Å². The minimum atomic E-state index is 0.654. The summed E-state index contributed by atoms with van der Waals surface area (Å²) in [5, 5.41) is 2.13. The molecule has 2 aromatic carbocycles. The third-order valence-corrected chi connectivity index (χ3v) is 4.33. The molecule has 0 aliphatic rings. The van der Waals surface area contributed by atoms with E-state index >= 15 is 0 Å². The first-order valence-corrected chi connectivity index (χ1v) is 8.37. The van der Waals surface area contributed by atoms with Crippen molar-refractivity contribution in [3.8, 4) is 5.75 Å². The molecule has 1 aromatic heterocycles. The fourth-order valence-corrected chi connectivity index (χ4v) is 3.04. The summed E-state index contributed by atoms with van der Waals surface area (Å²) in [6.07, 6.45) is 3.72. The van der Waals surface area contributed by atoms with Crippen LogP contribution in [0.25, 0.3) is 28.0 Å². The van der Waals surface area contributed by atoms with Crippen molar-refractivity contribution in [3.63, 3.8) is 0 Å². The van der Waals surface area contributed by atoms with Gasteiger partial charge in [-0.25, -0.2) is 0 Å². The fraction of sp³-hybridized carbons (Fsp3) is 0.286. The number of benzene rings is 2. The van der Waals surface area contributed by atoms with Gasteiger partial charge in [0.05, 0.1) is 0 Å². The normalized spacial score (nSPS) is 11.9. The molecule has 0 bridgehead atoms. The zero-order valence-corrected chi connectivity index (χ0v) is 15.3. The first kappa shape index (κ1) is 17.2. The number of nitrogens with zero attached hydrogens (tertiary/aromatic N) is 2. The highest BCUT2D eigenvalue weighted by molar-refractivity contribution is 6.09. The molecule has 0 atom stereocenters. The Bertz CT molecular complexity index is 952. The standard InChI is InChI=1S/C21H24N2O2/c1-6-17-14(2)21-19(11-15(17)13-22-3)18-12-16(7-8-20(18)25-21)24-10-9-23(4)5/h6-8,11-13H,1,9-10H2,2-5H3. The van der Waals surface area contributed by atoms with Crippen molar-refractivity contribution >= 4 is 34.2 Å². The Hall–Kier alpha value is -2.59. The van der Waals surface area contributed by atoms with Crippen LogP contribution in [0.2, 0.25) is 0 Å². The number of hydrogen-bond acceptors (Lipinski definition) is 4. The Kier molecular flexibility index (Phi) is 4.91. The molecule has 0 radical (unpaired) electrons. The largest absolute Gasteiger partial charge is 0.492 e. The highest BCUT2D eigenvalue weighted by Gasteiger charge is 2.14. The van der Waals surface area contributed by atoms with Gasteiger partial charge in [-0.2, -0.15) is 0 Å². The molecule has 0 saturated heterocycles. The second-order valence-corrected chi connectivity index (χ2v) is 6.38. The highest BCUT2D eigenvalue weighted by Crippen LogP contribution is 2.35. The van der Waals surface area contributed by atoms with Gasteiger partial charge in [0.25, 0.3) is 0 Å². The molecule has 4 nitrogen and oxygen atoms in total. The minimum Gasteiger partial charge on any atom is -0.492 e. The van der Waals surface area contributed by atoms with Gasteiger partial charge in [-0.15, -0.1) is 0 Å². The summed E-state index contributed by atoms with van der Waals surface area (Å²) < 4.78 is 12.0. The number of ether oxygens (including phenoxy) is 1. The Labute approximate surface area is 148 Å². The molecule has 0 unspecified atom stereocenters. The van der Waals surface area contributed by atoms with Crippen LogP contribution in [0, 0.1) is 6.92 Å². The lowest BCUT2D eigenvalue weighted by molar-refractivity contribution is 0.261. The zero-order chi connectivity index (χ0) is 18.0. The van der Waals surface area contributed by atoms with Gasteiger partial charge in [-0.05, 0) is 50.8 Å². The Morgan fingerprint density at radius 3 is 2.72 bits per heavy atom. The number of likely N-dealkylation sites (N-methyl/N-ethyl adjacent to an activating group) is 1. The molecule has 0 spiro atoms. The van der Waals surface area contributed by atoms with E-state index in [9.17, 15) is 0 Å². The molecule has 0 fully saturated rings. The second kappa shape index (κ2) is 7.11. The van der Waals surface area contributed by atoms with Gasteiger partial charge in [0.15, 0.2) is 0 Å². The van der Waals surface area contributed by atoms with Crippen LogP contribution in [0.5, 0.6) is 5.75 Å². The number of hydrogen-bond donors (Lipinski definition) is 0. The Morgan fingerprint density at radius 1 is 1.24 bits per heavy atom. The van der Waals surface area contributed by atoms with Gasteiger partial charge in [-0.3, -0.25) is 4.99 Å². The third kappa shape index (κ3) is 3.30. The van der Waals surface area contributed by atoms with Crippen LogP contribution >= 0.6 is 0 Å². The topological polar surface area (TPSA) is 38.0 Å². The molecule has 0 aliphatic carbocycles. The smallest absolute Gasteiger partial charge is 0.138 e. The van der Waals surface area contributed by atoms with Gasteiger partial charge < -0.3 is 14.1 Å². The summed E-state index contributed by atoms with van der Waals surface area (Å²) in [5.41, 5.74) is 4.93. The van der Waals surface area contributed by atoms with Crippen molar-refractivity contribution in [1.82, 2.24) is 4.90 Å². The minimum absolute atomic E-state index is 0.654. The van der Waals surface area contributed by atoms with Crippen molar-refractivity contribution in [2.24, 2.45) is 4.99 Å². The number of rotatable bonds is 6. The predicted molar refractivity (Wildman–Crippen MR) is 106 cm³/mol. The SMILES string of the molecule is C=Cc1c(C=NC)cc2c(oc3ccc(OCCN(C)C)cc32)c1C. The van der Waals surface area contributed by atoms with Gasteiger partial charge >= 0.3 is 0 Å². The van der Waals surface area contributed by atoms with Gasteiger partial charge in [0.2, 0.25) is 0 Å². The van der Waals surface area contributed by atoms with Gasteiger partial charge in [-0.1, -0.05) is 12.7 Å². The zero-order valence-electron chi connectivity index (χ0n) is 15.3. The van der Waals surface area contributed by atoms with Crippen LogP contribution in [0.1, 0.15) is 16.7 Å². The summed E-state index contributed by atoms with van der Waals surface area (Å²) in [6, 6.07) is 8.10. The quantitative estimate of drug-likeness (QED) is 0.621. The highest BCUT2D eigenvalue weighted by atomic mass is 16.5. The number of aryl methyl sites for hydroxylation is 1. The van der Waals surface area contributed by atoms with Crippen molar-refractivity contribution in [2.75, 3.05) is 34.3 Å². The van der Waals surface area contributed by atoms with E-state index in [1.807, 2.05) is 38.5 Å². The summed E-state index contributed by atoms with van der Waals surface area (Å²) >= 11 is 0. The summed E-state index contributed by atoms with van der Waals surface area (Å²) in [7, 11) is 5.84. The monoisotopic (exact) mass is 336 g/mol. The van der Waals surface area contributed by atoms with E-state index in [0.29, 0.717) is 6.61 Å². The molecule has 3 aromatic rings. The van der Waals surface area contributed by atoms with E-state index in [4.69, 9.17) is 9.15 Å². The molecule has 1 heterocycles. The molecular formula is C21H24N2O2. The van der Waals surface area contributed by atoms with Crippen LogP contribution in [0.15, 0.2) is 40.3 Å². The van der Waals surface area contributed by atoms with Crippen molar-refractivity contribution in [3.05, 3.63) is 47.5 Å². The molecule has 3 rings (SSSR count). The van der Waals surface area contributed by atoms with Crippen LogP contribution in [-0.2, 0) is 0 Å². The maximum absolute atomic E-state index is 6.10. The van der Waals surface area contributed by atoms with Crippen molar-refractivity contribution in [2.45, 2.75) is 6.92 Å². The maximum Gasteiger partial charge on any atom is 0.138 e. The van der Waals surface area contributed by atoms with E-state index in [0.717, 1.165) is 50.9 Å². The Balaban J connectivity index is 2.12. The van der Waals surface area contributed by atoms with Gasteiger partial charge in [0, 0.05) is 41.7 Å². The summed E-state index contributed by atoms with van der Waals surface area (Å²) in [5.74, 6) is 0.855. The fourth-order valence-electron chi connectivity index (χ4n) is 3.04. The number of aliphatic imine (C=N–C) groups is 1. The van der Waals surface area contributed by atoms with Crippen LogP contribution in [-0.4, -0.2) is 45.4 Å². The lowest BCUT2D eigenvalue weighted by atomic mass is 9.98. The van der Waals surface area contributed by atoms with E-state index in [1.165, 1.54) is 0 Å². The molecule has 4 heteroatoms. The third-order valence-electron chi connectivity index (χ3n) is 4.33. The number of furan rings is 1. The molecular weight excluding hydrogens is 312 g/mol. The predicted octanol–water partition coefficient (Wildman–Crippen LogP) is 4.53. The summed E-state index contributed by atoms with van der Waals surface area (Å²) in [4.78, 5) is 6.27. The molecule has 0 N–H and O–H groups in total. The molecule has 0 saturated carbocycles. The van der Waals surface area contributed by atoms with E-state index in [-0.39, 0.29) is 0 Å². The van der Waals surface area contributed by atoms with Crippen LogP contribution in [0.4, 0.5) is 0 Å².